The van der Waals surface area contributed by atoms with Crippen LogP contribution in [-0.4, -0.2) is 62.6 Å². The number of piperidine rings is 1. The zero-order chi connectivity index (χ0) is 21.4. The van der Waals surface area contributed by atoms with Crippen LogP contribution in [0.2, 0.25) is 0 Å². The number of aliphatic hydroxyl groups excluding tert-OH is 1. The van der Waals surface area contributed by atoms with Crippen molar-refractivity contribution >= 4 is 21.4 Å². The standard InChI is InChI=1S/C22H36N2O4S2/c1-3-19-13-20-21(29-19)5-9-28-22(20)6-7-24(16(2)14-22)15-17-11-18(12-17)23-30(26,27)10-4-8-25/h13,16-18,23,25H,3-12,14-15H2,1-2H3/t16-,17-,18+,22+/m0/s1. The second kappa shape index (κ2) is 9.16. The maximum atomic E-state index is 12.0. The number of hydrogen-bond acceptors (Lipinski definition) is 6. The van der Waals surface area contributed by atoms with Gasteiger partial charge in [-0.05, 0) is 63.0 Å². The normalized spacial score (nSPS) is 32.2. The van der Waals surface area contributed by atoms with Crippen molar-refractivity contribution in [2.75, 3.05) is 32.1 Å². The van der Waals surface area contributed by atoms with E-state index in [0.717, 1.165) is 58.2 Å². The topological polar surface area (TPSA) is 78.9 Å². The number of fused-ring (bicyclic) bond motifs is 2. The van der Waals surface area contributed by atoms with Crippen LogP contribution in [0, 0.1) is 5.92 Å². The first kappa shape index (κ1) is 22.7. The van der Waals surface area contributed by atoms with Gasteiger partial charge in [-0.2, -0.15) is 0 Å². The van der Waals surface area contributed by atoms with Crippen LogP contribution in [0.5, 0.6) is 0 Å². The first-order chi connectivity index (χ1) is 14.3. The number of rotatable bonds is 8. The molecule has 2 fully saturated rings. The fraction of sp³-hybridized carbons (Fsp3) is 0.818. The van der Waals surface area contributed by atoms with Gasteiger partial charge in [0, 0.05) is 48.0 Å². The second-order valence-corrected chi connectivity index (χ2v) is 12.4. The van der Waals surface area contributed by atoms with E-state index < -0.39 is 10.0 Å². The summed E-state index contributed by atoms with van der Waals surface area (Å²) >= 11 is 1.97. The summed E-state index contributed by atoms with van der Waals surface area (Å²) in [6.07, 6.45) is 6.37. The van der Waals surface area contributed by atoms with Crippen molar-refractivity contribution in [3.8, 4) is 0 Å². The van der Waals surface area contributed by atoms with Crippen LogP contribution in [0.25, 0.3) is 0 Å². The number of aliphatic hydroxyl groups is 1. The molecule has 170 valence electrons. The molecule has 4 rings (SSSR count). The van der Waals surface area contributed by atoms with Crippen LogP contribution < -0.4 is 4.72 Å². The Bertz CT molecular complexity index is 834. The Morgan fingerprint density at radius 1 is 1.40 bits per heavy atom. The Morgan fingerprint density at radius 2 is 2.20 bits per heavy atom. The van der Waals surface area contributed by atoms with E-state index in [1.54, 1.807) is 0 Å². The van der Waals surface area contributed by atoms with E-state index in [1.165, 1.54) is 15.3 Å². The van der Waals surface area contributed by atoms with Crippen molar-refractivity contribution in [1.82, 2.24) is 9.62 Å². The molecule has 0 unspecified atom stereocenters. The molecule has 1 aliphatic carbocycles. The zero-order valence-electron chi connectivity index (χ0n) is 18.2. The Labute approximate surface area is 185 Å². The average molecular weight is 457 g/mol. The maximum absolute atomic E-state index is 12.0. The summed E-state index contributed by atoms with van der Waals surface area (Å²) in [5.41, 5.74) is 1.36. The van der Waals surface area contributed by atoms with Gasteiger partial charge >= 0.3 is 0 Å². The minimum atomic E-state index is -3.26. The van der Waals surface area contributed by atoms with Gasteiger partial charge in [-0.1, -0.05) is 6.92 Å². The van der Waals surface area contributed by atoms with Crippen LogP contribution in [0.4, 0.5) is 0 Å². The molecule has 1 aromatic rings. The second-order valence-electron chi connectivity index (χ2n) is 9.34. The summed E-state index contributed by atoms with van der Waals surface area (Å²) in [7, 11) is -3.26. The third-order valence-electron chi connectivity index (χ3n) is 7.10. The van der Waals surface area contributed by atoms with Crippen molar-refractivity contribution in [1.29, 1.82) is 0 Å². The van der Waals surface area contributed by atoms with E-state index in [4.69, 9.17) is 9.84 Å². The lowest BCUT2D eigenvalue weighted by Gasteiger charge is -2.49. The zero-order valence-corrected chi connectivity index (χ0v) is 19.9. The van der Waals surface area contributed by atoms with Gasteiger partial charge in [0.15, 0.2) is 0 Å². The highest BCUT2D eigenvalue weighted by molar-refractivity contribution is 7.89. The molecule has 1 aromatic heterocycles. The van der Waals surface area contributed by atoms with Gasteiger partial charge in [0.05, 0.1) is 18.0 Å². The van der Waals surface area contributed by atoms with E-state index in [2.05, 4.69) is 29.5 Å². The fourth-order valence-electron chi connectivity index (χ4n) is 5.43. The number of hydrogen-bond donors (Lipinski definition) is 2. The summed E-state index contributed by atoms with van der Waals surface area (Å²) in [4.78, 5) is 5.59. The van der Waals surface area contributed by atoms with E-state index in [-0.39, 0.29) is 24.0 Å². The first-order valence-corrected chi connectivity index (χ1v) is 13.9. The van der Waals surface area contributed by atoms with Crippen molar-refractivity contribution in [3.63, 3.8) is 0 Å². The van der Waals surface area contributed by atoms with Gasteiger partial charge in [-0.15, -0.1) is 11.3 Å². The van der Waals surface area contributed by atoms with E-state index in [1.807, 2.05) is 11.3 Å². The number of likely N-dealkylation sites (tertiary alicyclic amines) is 1. The summed E-state index contributed by atoms with van der Waals surface area (Å²) < 4.78 is 33.2. The van der Waals surface area contributed by atoms with E-state index >= 15 is 0 Å². The van der Waals surface area contributed by atoms with Crippen molar-refractivity contribution in [3.05, 3.63) is 21.4 Å². The first-order valence-electron chi connectivity index (χ1n) is 11.4. The molecule has 2 N–H and O–H groups in total. The minimum absolute atomic E-state index is 0.0141. The van der Waals surface area contributed by atoms with Gasteiger partial charge < -0.3 is 14.7 Å². The van der Waals surface area contributed by atoms with Gasteiger partial charge in [0.25, 0.3) is 0 Å². The smallest absolute Gasteiger partial charge is 0.211 e. The van der Waals surface area contributed by atoms with Crippen molar-refractivity contribution in [2.24, 2.45) is 5.92 Å². The molecule has 3 heterocycles. The monoisotopic (exact) mass is 456 g/mol. The SMILES string of the molecule is CCc1cc2c(s1)CCO[C@@]21CCN(C[C@H]2C[C@@H](NS(=O)(=O)CCCO)C2)[C@@H](C)C1. The molecule has 2 atom stereocenters. The fourth-order valence-corrected chi connectivity index (χ4v) is 7.93. The third-order valence-corrected chi connectivity index (χ3v) is 9.96. The molecule has 2 aliphatic heterocycles. The third kappa shape index (κ3) is 4.79. The number of aryl methyl sites for hydroxylation is 1. The van der Waals surface area contributed by atoms with E-state index in [9.17, 15) is 8.42 Å². The van der Waals surface area contributed by atoms with Crippen LogP contribution in [0.1, 0.15) is 61.3 Å². The molecule has 30 heavy (non-hydrogen) atoms. The molecule has 1 saturated heterocycles. The molecular formula is C22H36N2O4S2. The number of ether oxygens (including phenoxy) is 1. The Morgan fingerprint density at radius 3 is 2.90 bits per heavy atom. The Hall–Kier alpha value is -0.510. The van der Waals surface area contributed by atoms with E-state index in [0.29, 0.717) is 18.4 Å². The number of thiophene rings is 1. The quantitative estimate of drug-likeness (QED) is 0.629. The highest BCUT2D eigenvalue weighted by atomic mass is 32.2. The largest absolute Gasteiger partial charge is 0.396 e. The van der Waals surface area contributed by atoms with Crippen molar-refractivity contribution in [2.45, 2.75) is 76.5 Å². The molecule has 0 radical (unpaired) electrons. The summed E-state index contributed by atoms with van der Waals surface area (Å²) in [6.45, 7) is 7.39. The lowest BCUT2D eigenvalue weighted by molar-refractivity contribution is -0.114. The molecule has 6 nitrogen and oxygen atoms in total. The van der Waals surface area contributed by atoms with Gasteiger partial charge in [-0.25, -0.2) is 13.1 Å². The summed E-state index contributed by atoms with van der Waals surface area (Å²) in [6, 6.07) is 2.93. The van der Waals surface area contributed by atoms with Gasteiger partial charge in [-0.3, -0.25) is 0 Å². The number of nitrogens with zero attached hydrogens (tertiary/aromatic N) is 1. The summed E-state index contributed by atoms with van der Waals surface area (Å²) in [5, 5.41) is 8.84. The molecular weight excluding hydrogens is 420 g/mol. The van der Waals surface area contributed by atoms with Crippen LogP contribution in [0.3, 0.4) is 0 Å². The minimum Gasteiger partial charge on any atom is -0.396 e. The highest BCUT2D eigenvalue weighted by Gasteiger charge is 2.45. The molecule has 1 saturated carbocycles. The Balaban J connectivity index is 1.29. The molecule has 0 bridgehead atoms. The lowest BCUT2D eigenvalue weighted by Crippen LogP contribution is -2.54. The van der Waals surface area contributed by atoms with Crippen LogP contribution in [-0.2, 0) is 33.2 Å². The van der Waals surface area contributed by atoms with Crippen molar-refractivity contribution < 1.29 is 18.3 Å². The summed E-state index contributed by atoms with van der Waals surface area (Å²) in [5.74, 6) is 0.572. The molecule has 8 heteroatoms. The predicted molar refractivity (Wildman–Crippen MR) is 120 cm³/mol. The number of sulfonamides is 1. The number of nitrogens with one attached hydrogen (secondary N) is 1. The molecule has 0 aromatic carbocycles. The molecule has 1 spiro atoms. The molecule has 0 amide bonds. The van der Waals surface area contributed by atoms with Crippen LogP contribution >= 0.6 is 11.3 Å². The lowest BCUT2D eigenvalue weighted by atomic mass is 9.77. The molecule has 3 aliphatic rings. The van der Waals surface area contributed by atoms with Gasteiger partial charge in [0.1, 0.15) is 0 Å². The van der Waals surface area contributed by atoms with Gasteiger partial charge in [0.2, 0.25) is 10.0 Å². The predicted octanol–water partition coefficient (Wildman–Crippen LogP) is 2.64. The highest BCUT2D eigenvalue weighted by Crippen LogP contribution is 2.46. The van der Waals surface area contributed by atoms with Crippen LogP contribution in [0.15, 0.2) is 6.07 Å². The maximum Gasteiger partial charge on any atom is 0.211 e. The Kier molecular flexibility index (Phi) is 6.92. The average Bonchev–Trinajstić information content (AvgIpc) is 3.12.